The second-order valence-electron chi connectivity index (χ2n) is 6.95. The molecule has 0 aliphatic rings. The van der Waals surface area contributed by atoms with Crippen molar-refractivity contribution >= 4 is 44.5 Å². The topological polar surface area (TPSA) is 112 Å². The molecule has 1 aromatic heterocycles. The van der Waals surface area contributed by atoms with Gasteiger partial charge in [0.25, 0.3) is 11.7 Å². The molecule has 2 aromatic rings. The molecule has 3 N–H and O–H groups in total. The van der Waals surface area contributed by atoms with Gasteiger partial charge in [-0.3, -0.25) is 9.59 Å². The summed E-state index contributed by atoms with van der Waals surface area (Å²) in [5, 5.41) is 10.4. The van der Waals surface area contributed by atoms with Crippen LogP contribution in [0.25, 0.3) is 10.9 Å². The number of hydrogen-bond donors (Lipinski definition) is 2. The molecular formula is C21H27BrN2O5. The van der Waals surface area contributed by atoms with E-state index in [1.807, 2.05) is 10.6 Å². The van der Waals surface area contributed by atoms with Gasteiger partial charge in [0.1, 0.15) is 5.75 Å². The van der Waals surface area contributed by atoms with Crippen LogP contribution in [0.15, 0.2) is 18.2 Å². The number of alkyl halides is 1. The molecule has 1 amide bonds. The zero-order valence-corrected chi connectivity index (χ0v) is 18.2. The van der Waals surface area contributed by atoms with Crippen molar-refractivity contribution in [3.8, 4) is 5.75 Å². The number of carboxylic acid groups (broad SMARTS) is 1. The van der Waals surface area contributed by atoms with Crippen LogP contribution in [0.4, 0.5) is 0 Å². The molecule has 7 nitrogen and oxygen atoms in total. The number of carboxylic acids is 1. The average Bonchev–Trinajstić information content (AvgIpc) is 2.97. The predicted molar refractivity (Wildman–Crippen MR) is 115 cm³/mol. The van der Waals surface area contributed by atoms with Crippen molar-refractivity contribution in [1.29, 1.82) is 0 Å². The lowest BCUT2D eigenvalue weighted by Crippen LogP contribution is -2.24. The van der Waals surface area contributed by atoms with Crippen molar-refractivity contribution in [2.75, 3.05) is 11.9 Å². The SMILES string of the molecule is Cc1c(C(=O)C(N)=O)c2c(OCC(=O)O)cccc2n1CCCCCCCCBr. The summed E-state index contributed by atoms with van der Waals surface area (Å²) in [6.45, 7) is 1.92. The Morgan fingerprint density at radius 2 is 1.76 bits per heavy atom. The molecule has 29 heavy (non-hydrogen) atoms. The fourth-order valence-electron chi connectivity index (χ4n) is 3.51. The fraction of sp³-hybridized carbons (Fsp3) is 0.476. The van der Waals surface area contributed by atoms with E-state index in [2.05, 4.69) is 15.9 Å². The van der Waals surface area contributed by atoms with Crippen LogP contribution in [0.1, 0.15) is 54.6 Å². The van der Waals surface area contributed by atoms with E-state index < -0.39 is 24.3 Å². The number of amides is 1. The van der Waals surface area contributed by atoms with Crippen LogP contribution >= 0.6 is 15.9 Å². The number of nitrogens with zero attached hydrogens (tertiary/aromatic N) is 1. The Morgan fingerprint density at radius 1 is 1.10 bits per heavy atom. The summed E-state index contributed by atoms with van der Waals surface area (Å²) in [5.74, 6) is -2.72. The molecule has 8 heteroatoms. The second-order valence-corrected chi connectivity index (χ2v) is 7.74. The van der Waals surface area contributed by atoms with Crippen LogP contribution in [0.2, 0.25) is 0 Å². The maximum Gasteiger partial charge on any atom is 0.341 e. The molecule has 0 fully saturated rings. The number of carbonyl (C=O) groups is 3. The largest absolute Gasteiger partial charge is 0.481 e. The number of hydrogen-bond acceptors (Lipinski definition) is 4. The zero-order chi connectivity index (χ0) is 21.4. The summed E-state index contributed by atoms with van der Waals surface area (Å²) in [4.78, 5) is 35.0. The molecule has 0 unspecified atom stereocenters. The number of aromatic nitrogens is 1. The van der Waals surface area contributed by atoms with Crippen LogP contribution in [-0.4, -0.2) is 39.3 Å². The number of Topliss-reactive ketones (excluding diaryl/α,β-unsaturated/α-hetero) is 1. The Bertz CT molecular complexity index is 891. The number of nitrogens with two attached hydrogens (primary N) is 1. The molecule has 0 saturated carbocycles. The number of aliphatic carboxylic acids is 1. The monoisotopic (exact) mass is 466 g/mol. The fourth-order valence-corrected chi connectivity index (χ4v) is 3.91. The molecule has 0 saturated heterocycles. The van der Waals surface area contributed by atoms with Gasteiger partial charge in [-0.1, -0.05) is 47.7 Å². The number of primary amides is 1. The normalized spacial score (nSPS) is 11.0. The number of rotatable bonds is 13. The summed E-state index contributed by atoms with van der Waals surface area (Å²) in [7, 11) is 0. The van der Waals surface area contributed by atoms with Gasteiger partial charge in [0.05, 0.1) is 16.5 Å². The van der Waals surface area contributed by atoms with Gasteiger partial charge in [-0.2, -0.15) is 0 Å². The third kappa shape index (κ3) is 5.82. The number of fused-ring (bicyclic) bond motifs is 1. The molecular weight excluding hydrogens is 440 g/mol. The molecule has 0 aliphatic carbocycles. The number of aryl methyl sites for hydroxylation is 1. The number of carbonyl (C=O) groups excluding carboxylic acids is 2. The van der Waals surface area contributed by atoms with Gasteiger partial charge in [-0.15, -0.1) is 0 Å². The number of benzene rings is 1. The first-order valence-electron chi connectivity index (χ1n) is 9.75. The summed E-state index contributed by atoms with van der Waals surface area (Å²) >= 11 is 3.44. The van der Waals surface area contributed by atoms with Crippen LogP contribution in [-0.2, 0) is 16.1 Å². The summed E-state index contributed by atoms with van der Waals surface area (Å²) in [5.41, 5.74) is 6.80. The molecule has 1 aromatic carbocycles. The van der Waals surface area contributed by atoms with Gasteiger partial charge >= 0.3 is 5.97 Å². The van der Waals surface area contributed by atoms with Crippen molar-refractivity contribution in [2.24, 2.45) is 5.73 Å². The lowest BCUT2D eigenvalue weighted by Gasteiger charge is -2.09. The molecule has 1 heterocycles. The molecule has 0 aliphatic heterocycles. The molecule has 0 radical (unpaired) electrons. The Labute approximate surface area is 178 Å². The number of ether oxygens (including phenoxy) is 1. The maximum absolute atomic E-state index is 12.5. The van der Waals surface area contributed by atoms with Crippen LogP contribution < -0.4 is 10.5 Å². The van der Waals surface area contributed by atoms with Crippen molar-refractivity contribution in [3.63, 3.8) is 0 Å². The molecule has 158 valence electrons. The predicted octanol–water partition coefficient (Wildman–Crippen LogP) is 3.82. The number of ketones is 1. The Balaban J connectivity index is 2.31. The van der Waals surface area contributed by atoms with Crippen molar-refractivity contribution in [2.45, 2.75) is 52.0 Å². The molecule has 2 rings (SSSR count). The Kier molecular flexibility index (Phi) is 8.70. The van der Waals surface area contributed by atoms with Gasteiger partial charge in [0.2, 0.25) is 0 Å². The van der Waals surface area contributed by atoms with Crippen molar-refractivity contribution < 1.29 is 24.2 Å². The molecule has 0 bridgehead atoms. The number of halogens is 1. The lowest BCUT2D eigenvalue weighted by atomic mass is 10.1. The van der Waals surface area contributed by atoms with Gasteiger partial charge in [-0.05, 0) is 31.9 Å². The quantitative estimate of drug-likeness (QED) is 0.201. The second kappa shape index (κ2) is 11.0. The average molecular weight is 467 g/mol. The van der Waals surface area contributed by atoms with Crippen LogP contribution in [0.5, 0.6) is 5.75 Å². The van der Waals surface area contributed by atoms with Gasteiger partial charge in [-0.25, -0.2) is 4.79 Å². The standard InChI is InChI=1S/C21H27BrN2O5/c1-14-18(20(27)21(23)28)19-15(9-8-10-16(19)29-13-17(25)26)24(14)12-7-5-3-2-4-6-11-22/h8-10H,2-7,11-13H2,1H3,(H2,23,28)(H,25,26). The van der Waals surface area contributed by atoms with E-state index >= 15 is 0 Å². The highest BCUT2D eigenvalue weighted by Gasteiger charge is 2.26. The van der Waals surface area contributed by atoms with Gasteiger partial charge < -0.3 is 20.1 Å². The Hall–Kier alpha value is -2.35. The lowest BCUT2D eigenvalue weighted by molar-refractivity contribution is -0.139. The molecule has 0 spiro atoms. The van der Waals surface area contributed by atoms with Crippen molar-refractivity contribution in [3.05, 3.63) is 29.5 Å². The van der Waals surface area contributed by atoms with E-state index in [9.17, 15) is 14.4 Å². The smallest absolute Gasteiger partial charge is 0.341 e. The first-order valence-corrected chi connectivity index (χ1v) is 10.9. The third-order valence-corrected chi connectivity index (χ3v) is 5.44. The van der Waals surface area contributed by atoms with Crippen molar-refractivity contribution in [1.82, 2.24) is 4.57 Å². The third-order valence-electron chi connectivity index (χ3n) is 4.88. The summed E-state index contributed by atoms with van der Waals surface area (Å²) < 4.78 is 7.36. The van der Waals surface area contributed by atoms with E-state index in [4.69, 9.17) is 15.6 Å². The van der Waals surface area contributed by atoms with Gasteiger partial charge in [0.15, 0.2) is 6.61 Å². The van der Waals surface area contributed by atoms with E-state index in [1.54, 1.807) is 19.1 Å². The van der Waals surface area contributed by atoms with E-state index in [0.29, 0.717) is 17.6 Å². The maximum atomic E-state index is 12.5. The summed E-state index contributed by atoms with van der Waals surface area (Å²) in [6, 6.07) is 5.18. The van der Waals surface area contributed by atoms with Gasteiger partial charge in [0, 0.05) is 17.6 Å². The zero-order valence-electron chi connectivity index (χ0n) is 16.6. The first-order chi connectivity index (χ1) is 13.9. The van der Waals surface area contributed by atoms with E-state index in [1.165, 1.54) is 19.3 Å². The highest BCUT2D eigenvalue weighted by atomic mass is 79.9. The molecule has 0 atom stereocenters. The highest BCUT2D eigenvalue weighted by Crippen LogP contribution is 2.34. The highest BCUT2D eigenvalue weighted by molar-refractivity contribution is 9.09. The minimum absolute atomic E-state index is 0.186. The van der Waals surface area contributed by atoms with Crippen LogP contribution in [0.3, 0.4) is 0 Å². The van der Waals surface area contributed by atoms with Crippen LogP contribution in [0, 0.1) is 6.92 Å². The van der Waals surface area contributed by atoms with E-state index in [0.717, 1.165) is 30.1 Å². The Morgan fingerprint density at radius 3 is 2.38 bits per heavy atom. The summed E-state index contributed by atoms with van der Waals surface area (Å²) in [6.07, 6.45) is 6.72. The van der Waals surface area contributed by atoms with E-state index in [-0.39, 0.29) is 11.3 Å². The number of unbranched alkanes of at least 4 members (excludes halogenated alkanes) is 5. The minimum atomic E-state index is -1.12. The minimum Gasteiger partial charge on any atom is -0.481 e. The first kappa shape index (κ1) is 22.9.